The second-order valence-corrected chi connectivity index (χ2v) is 5.43. The maximum absolute atomic E-state index is 5.88. The first-order valence-electron chi connectivity index (χ1n) is 5.70. The highest BCUT2D eigenvalue weighted by Crippen LogP contribution is 2.22. The Bertz CT molecular complexity index is 450. The van der Waals surface area contributed by atoms with Gasteiger partial charge in [-0.25, -0.2) is 0 Å². The van der Waals surface area contributed by atoms with Crippen LogP contribution in [0.3, 0.4) is 0 Å². The number of hydrogen-bond acceptors (Lipinski definition) is 2. The first kappa shape index (κ1) is 12.6. The van der Waals surface area contributed by atoms with Crippen LogP contribution in [0.1, 0.15) is 37.1 Å². The molecular weight excluding hydrogens is 250 g/mol. The van der Waals surface area contributed by atoms with Gasteiger partial charge in [-0.2, -0.15) is 11.3 Å². The fourth-order valence-corrected chi connectivity index (χ4v) is 2.72. The quantitative estimate of drug-likeness (QED) is 0.836. The molecule has 0 aliphatic heterocycles. The average molecular weight is 266 g/mol. The van der Waals surface area contributed by atoms with Gasteiger partial charge in [0.05, 0.1) is 0 Å². The maximum Gasteiger partial charge on any atom is 0.0406 e. The van der Waals surface area contributed by atoms with Crippen molar-refractivity contribution < 1.29 is 0 Å². The van der Waals surface area contributed by atoms with Crippen molar-refractivity contribution in [2.24, 2.45) is 0 Å². The van der Waals surface area contributed by atoms with Gasteiger partial charge in [-0.1, -0.05) is 23.7 Å². The molecule has 0 saturated heterocycles. The predicted molar refractivity (Wildman–Crippen MR) is 75.7 cm³/mol. The Hall–Kier alpha value is -0.830. The molecule has 0 bridgehead atoms. The van der Waals surface area contributed by atoms with Crippen LogP contribution in [0.5, 0.6) is 0 Å². The first-order chi connectivity index (χ1) is 8.16. The summed E-state index contributed by atoms with van der Waals surface area (Å²) in [4.78, 5) is 0. The monoisotopic (exact) mass is 265 g/mol. The number of hydrogen-bond donors (Lipinski definition) is 1. The number of thiophene rings is 1. The highest BCUT2D eigenvalue weighted by Gasteiger charge is 2.11. The number of halogens is 1. The largest absolute Gasteiger partial charge is 0.304 e. The van der Waals surface area contributed by atoms with E-state index < -0.39 is 0 Å². The molecule has 1 heterocycles. The van der Waals surface area contributed by atoms with Crippen LogP contribution in [-0.4, -0.2) is 0 Å². The lowest BCUT2D eigenvalue weighted by Gasteiger charge is -2.19. The molecule has 1 aromatic carbocycles. The predicted octanol–water partition coefficient (Wildman–Crippen LogP) is 4.81. The van der Waals surface area contributed by atoms with Crippen molar-refractivity contribution >= 4 is 22.9 Å². The fourth-order valence-electron chi connectivity index (χ4n) is 1.84. The van der Waals surface area contributed by atoms with Crippen molar-refractivity contribution in [1.29, 1.82) is 0 Å². The van der Waals surface area contributed by atoms with Crippen molar-refractivity contribution in [2.45, 2.75) is 25.9 Å². The highest BCUT2D eigenvalue weighted by atomic mass is 35.5. The lowest BCUT2D eigenvalue weighted by Crippen LogP contribution is -2.22. The van der Waals surface area contributed by atoms with E-state index in [2.05, 4.69) is 48.1 Å². The Labute approximate surface area is 111 Å². The van der Waals surface area contributed by atoms with Gasteiger partial charge in [-0.05, 0) is 53.9 Å². The minimum Gasteiger partial charge on any atom is -0.304 e. The van der Waals surface area contributed by atoms with E-state index in [1.807, 2.05) is 12.1 Å². The molecule has 0 aliphatic rings. The number of rotatable bonds is 4. The zero-order chi connectivity index (χ0) is 12.3. The molecule has 0 aliphatic carbocycles. The van der Waals surface area contributed by atoms with Gasteiger partial charge in [0.1, 0.15) is 0 Å². The summed E-state index contributed by atoms with van der Waals surface area (Å²) in [5, 5.41) is 8.66. The molecular formula is C14H16ClNS. The second-order valence-electron chi connectivity index (χ2n) is 4.22. The molecule has 0 amide bonds. The Balaban J connectivity index is 2.01. The standard InChI is InChI=1S/C14H16ClNS/c1-10(12-3-5-14(15)6-4-12)16-11(2)13-7-8-17-9-13/h3-11,16H,1-2H3. The normalized spacial score (nSPS) is 14.5. The molecule has 1 aromatic heterocycles. The minimum atomic E-state index is 0.321. The SMILES string of the molecule is CC(NC(C)c1ccsc1)c1ccc(Cl)cc1. The van der Waals surface area contributed by atoms with E-state index in [4.69, 9.17) is 11.6 Å². The van der Waals surface area contributed by atoms with E-state index >= 15 is 0 Å². The second kappa shape index (κ2) is 5.67. The molecule has 90 valence electrons. The smallest absolute Gasteiger partial charge is 0.0406 e. The van der Waals surface area contributed by atoms with Crippen LogP contribution in [0.2, 0.25) is 5.02 Å². The molecule has 2 rings (SSSR count). The minimum absolute atomic E-state index is 0.321. The topological polar surface area (TPSA) is 12.0 Å². The van der Waals surface area contributed by atoms with Crippen LogP contribution in [0, 0.1) is 0 Å². The number of nitrogens with one attached hydrogen (secondary N) is 1. The van der Waals surface area contributed by atoms with Gasteiger partial charge in [0.15, 0.2) is 0 Å². The Morgan fingerprint density at radius 1 is 1.00 bits per heavy atom. The third kappa shape index (κ3) is 3.32. The molecule has 1 N–H and O–H groups in total. The lowest BCUT2D eigenvalue weighted by molar-refractivity contribution is 0.495. The average Bonchev–Trinajstić information content (AvgIpc) is 2.83. The van der Waals surface area contributed by atoms with Gasteiger partial charge in [0, 0.05) is 17.1 Å². The zero-order valence-corrected chi connectivity index (χ0v) is 11.6. The van der Waals surface area contributed by atoms with Crippen LogP contribution in [0.15, 0.2) is 41.1 Å². The van der Waals surface area contributed by atoms with Crippen molar-refractivity contribution in [2.75, 3.05) is 0 Å². The van der Waals surface area contributed by atoms with E-state index in [0.717, 1.165) is 5.02 Å². The Morgan fingerprint density at radius 2 is 1.65 bits per heavy atom. The Morgan fingerprint density at radius 3 is 2.24 bits per heavy atom. The highest BCUT2D eigenvalue weighted by molar-refractivity contribution is 7.07. The third-order valence-corrected chi connectivity index (χ3v) is 3.87. The van der Waals surface area contributed by atoms with Crippen LogP contribution < -0.4 is 5.32 Å². The van der Waals surface area contributed by atoms with E-state index in [1.54, 1.807) is 11.3 Å². The van der Waals surface area contributed by atoms with E-state index in [9.17, 15) is 0 Å². The molecule has 2 aromatic rings. The number of benzene rings is 1. The van der Waals surface area contributed by atoms with Crippen LogP contribution >= 0.6 is 22.9 Å². The summed E-state index contributed by atoms with van der Waals surface area (Å²) in [6.45, 7) is 4.36. The summed E-state index contributed by atoms with van der Waals surface area (Å²) in [5.74, 6) is 0. The molecule has 0 saturated carbocycles. The van der Waals surface area contributed by atoms with Crippen LogP contribution in [0.25, 0.3) is 0 Å². The van der Waals surface area contributed by atoms with Gasteiger partial charge in [-0.15, -0.1) is 0 Å². The van der Waals surface area contributed by atoms with E-state index in [-0.39, 0.29) is 0 Å². The van der Waals surface area contributed by atoms with Gasteiger partial charge < -0.3 is 5.32 Å². The molecule has 0 spiro atoms. The van der Waals surface area contributed by atoms with Crippen molar-refractivity contribution in [3.05, 3.63) is 57.2 Å². The molecule has 0 radical (unpaired) electrons. The summed E-state index contributed by atoms with van der Waals surface area (Å²) >= 11 is 7.62. The molecule has 1 nitrogen and oxygen atoms in total. The molecule has 0 fully saturated rings. The van der Waals surface area contributed by atoms with Gasteiger partial charge in [-0.3, -0.25) is 0 Å². The third-order valence-electron chi connectivity index (χ3n) is 2.91. The first-order valence-corrected chi connectivity index (χ1v) is 7.02. The van der Waals surface area contributed by atoms with Gasteiger partial charge in [0.25, 0.3) is 0 Å². The van der Waals surface area contributed by atoms with E-state index in [0.29, 0.717) is 12.1 Å². The fraction of sp³-hybridized carbons (Fsp3) is 0.286. The van der Waals surface area contributed by atoms with Crippen molar-refractivity contribution in [3.8, 4) is 0 Å². The molecule has 3 heteroatoms. The van der Waals surface area contributed by atoms with Crippen molar-refractivity contribution in [3.63, 3.8) is 0 Å². The van der Waals surface area contributed by atoms with E-state index in [1.165, 1.54) is 11.1 Å². The van der Waals surface area contributed by atoms with Gasteiger partial charge >= 0.3 is 0 Å². The van der Waals surface area contributed by atoms with Crippen LogP contribution in [-0.2, 0) is 0 Å². The summed E-state index contributed by atoms with van der Waals surface area (Å²) in [5.41, 5.74) is 2.60. The summed E-state index contributed by atoms with van der Waals surface area (Å²) in [6, 6.07) is 10.9. The maximum atomic E-state index is 5.88. The zero-order valence-electron chi connectivity index (χ0n) is 9.98. The Kier molecular flexibility index (Phi) is 4.21. The molecule has 2 unspecified atom stereocenters. The summed E-state index contributed by atoms with van der Waals surface area (Å²) in [7, 11) is 0. The van der Waals surface area contributed by atoms with Crippen molar-refractivity contribution in [1.82, 2.24) is 5.32 Å². The lowest BCUT2D eigenvalue weighted by atomic mass is 10.1. The molecule has 17 heavy (non-hydrogen) atoms. The summed E-state index contributed by atoms with van der Waals surface area (Å²) in [6.07, 6.45) is 0. The molecule has 2 atom stereocenters. The van der Waals surface area contributed by atoms with Crippen LogP contribution in [0.4, 0.5) is 0 Å². The van der Waals surface area contributed by atoms with Gasteiger partial charge in [0.2, 0.25) is 0 Å². The summed E-state index contributed by atoms with van der Waals surface area (Å²) < 4.78 is 0.